The predicted octanol–water partition coefficient (Wildman–Crippen LogP) is 6.54. The molecule has 0 radical (unpaired) electrons. The molecule has 1 fully saturated rings. The summed E-state index contributed by atoms with van der Waals surface area (Å²) in [6.07, 6.45) is 3.19. The van der Waals surface area contributed by atoms with Crippen LogP contribution >= 0.6 is 70.4 Å². The van der Waals surface area contributed by atoms with Crippen LogP contribution in [-0.4, -0.2) is 21.5 Å². The molecule has 9 heteroatoms. The first-order valence-electron chi connectivity index (χ1n) is 7.07. The van der Waals surface area contributed by atoms with E-state index in [2.05, 4.69) is 5.10 Å². The van der Waals surface area contributed by atoms with E-state index in [0.29, 0.717) is 34.9 Å². The van der Waals surface area contributed by atoms with Gasteiger partial charge in [0.05, 0.1) is 31.2 Å². The molecule has 0 unspecified atom stereocenters. The second kappa shape index (κ2) is 8.30. The van der Waals surface area contributed by atoms with E-state index in [-0.39, 0.29) is 5.91 Å². The monoisotopic (exact) mass is 460 g/mol. The molecule has 0 N–H and O–H groups in total. The van der Waals surface area contributed by atoms with Crippen LogP contribution in [0.1, 0.15) is 11.1 Å². The van der Waals surface area contributed by atoms with Crippen LogP contribution in [0.3, 0.4) is 0 Å². The lowest BCUT2D eigenvalue weighted by Crippen LogP contribution is -2.22. The topological polar surface area (TPSA) is 32.7 Å². The van der Waals surface area contributed by atoms with E-state index >= 15 is 0 Å². The van der Waals surface area contributed by atoms with E-state index in [1.807, 2.05) is 0 Å². The van der Waals surface area contributed by atoms with Gasteiger partial charge < -0.3 is 0 Å². The minimum absolute atomic E-state index is 0.317. The molecule has 3 rings (SSSR count). The van der Waals surface area contributed by atoms with E-state index in [1.165, 1.54) is 6.21 Å². The number of hydrazone groups is 1. The summed E-state index contributed by atoms with van der Waals surface area (Å²) < 4.78 is 0.331. The summed E-state index contributed by atoms with van der Waals surface area (Å²) in [7, 11) is 0. The van der Waals surface area contributed by atoms with Crippen LogP contribution in [0.15, 0.2) is 46.4 Å². The van der Waals surface area contributed by atoms with Gasteiger partial charge in [0, 0.05) is 0 Å². The van der Waals surface area contributed by atoms with Crippen molar-refractivity contribution in [1.29, 1.82) is 0 Å². The third-order valence-corrected chi connectivity index (χ3v) is 6.04. The van der Waals surface area contributed by atoms with Gasteiger partial charge in [-0.1, -0.05) is 70.3 Å². The number of carbonyl (C=O) groups excluding carboxylic acids is 1. The number of rotatable bonds is 3. The molecule has 132 valence electrons. The molecule has 0 spiro atoms. The fourth-order valence-corrected chi connectivity index (χ4v) is 3.82. The minimum atomic E-state index is -0.317. The standard InChI is InChI=1S/C17H8Cl4N2OS2/c18-11-3-1-9(5-13(11)20)7-15-16(24)23(17(25)26-15)22-8-10-2-4-12(19)14(21)6-10/h1-8H/b15-7-,22-8-. The Kier molecular flexibility index (Phi) is 6.28. The highest BCUT2D eigenvalue weighted by atomic mass is 35.5. The van der Waals surface area contributed by atoms with E-state index in [9.17, 15) is 4.79 Å². The third kappa shape index (κ3) is 4.42. The van der Waals surface area contributed by atoms with Gasteiger partial charge in [-0.2, -0.15) is 10.1 Å². The minimum Gasteiger partial charge on any atom is -0.266 e. The second-order valence-electron chi connectivity index (χ2n) is 5.09. The SMILES string of the molecule is O=C1/C(=C/c2ccc(Cl)c(Cl)c2)SC(=S)N1/N=C\c1ccc(Cl)c(Cl)c1. The summed E-state index contributed by atoms with van der Waals surface area (Å²) in [4.78, 5) is 13.0. The summed E-state index contributed by atoms with van der Waals surface area (Å²) in [5, 5.41) is 7.02. The van der Waals surface area contributed by atoms with Crippen LogP contribution in [0.25, 0.3) is 6.08 Å². The highest BCUT2D eigenvalue weighted by Crippen LogP contribution is 2.34. The van der Waals surface area contributed by atoms with Crippen molar-refractivity contribution >= 4 is 92.9 Å². The lowest BCUT2D eigenvalue weighted by molar-refractivity contribution is -0.122. The molecule has 0 aromatic heterocycles. The predicted molar refractivity (Wildman–Crippen MR) is 116 cm³/mol. The summed E-state index contributed by atoms with van der Waals surface area (Å²) in [6.45, 7) is 0. The molecule has 1 heterocycles. The Morgan fingerprint density at radius 2 is 1.50 bits per heavy atom. The van der Waals surface area contributed by atoms with E-state index in [0.717, 1.165) is 22.3 Å². The molecular weight excluding hydrogens is 454 g/mol. The quantitative estimate of drug-likeness (QED) is 0.295. The Balaban J connectivity index is 1.82. The van der Waals surface area contributed by atoms with Crippen molar-refractivity contribution in [2.24, 2.45) is 5.10 Å². The first-order valence-corrected chi connectivity index (χ1v) is 9.81. The van der Waals surface area contributed by atoms with Crippen molar-refractivity contribution in [2.45, 2.75) is 0 Å². The number of nitrogens with zero attached hydrogens (tertiary/aromatic N) is 2. The van der Waals surface area contributed by atoms with Gasteiger partial charge in [0.15, 0.2) is 4.32 Å². The largest absolute Gasteiger partial charge is 0.286 e. The molecule has 2 aromatic rings. The Bertz CT molecular complexity index is 975. The van der Waals surface area contributed by atoms with Crippen LogP contribution in [-0.2, 0) is 4.79 Å². The van der Waals surface area contributed by atoms with Gasteiger partial charge >= 0.3 is 0 Å². The zero-order valence-electron chi connectivity index (χ0n) is 12.7. The summed E-state index contributed by atoms with van der Waals surface area (Å²) >= 11 is 30.2. The van der Waals surface area contributed by atoms with Crippen LogP contribution in [0.4, 0.5) is 0 Å². The second-order valence-corrected chi connectivity index (χ2v) is 8.39. The number of amides is 1. The van der Waals surface area contributed by atoms with Gasteiger partial charge in [-0.3, -0.25) is 4.79 Å². The van der Waals surface area contributed by atoms with Gasteiger partial charge in [0.1, 0.15) is 0 Å². The van der Waals surface area contributed by atoms with Gasteiger partial charge in [-0.15, -0.1) is 0 Å². The molecule has 1 aliphatic rings. The number of benzene rings is 2. The van der Waals surface area contributed by atoms with Gasteiger partial charge in [0.2, 0.25) is 0 Å². The zero-order valence-corrected chi connectivity index (χ0v) is 17.4. The molecule has 26 heavy (non-hydrogen) atoms. The molecule has 1 saturated heterocycles. The highest BCUT2D eigenvalue weighted by molar-refractivity contribution is 8.26. The van der Waals surface area contributed by atoms with Crippen molar-refractivity contribution in [3.63, 3.8) is 0 Å². The van der Waals surface area contributed by atoms with Crippen LogP contribution in [0, 0.1) is 0 Å². The Labute approximate surface area is 179 Å². The normalized spacial score (nSPS) is 16.3. The molecule has 0 saturated carbocycles. The summed E-state index contributed by atoms with van der Waals surface area (Å²) in [5.41, 5.74) is 1.44. The average Bonchev–Trinajstić information content (AvgIpc) is 2.86. The van der Waals surface area contributed by atoms with Crippen LogP contribution in [0.2, 0.25) is 20.1 Å². The van der Waals surface area contributed by atoms with E-state index in [4.69, 9.17) is 58.6 Å². The number of hydrogen-bond donors (Lipinski definition) is 0. The van der Waals surface area contributed by atoms with Gasteiger partial charge in [-0.25, -0.2) is 0 Å². The van der Waals surface area contributed by atoms with Crippen molar-refractivity contribution < 1.29 is 4.79 Å². The van der Waals surface area contributed by atoms with Crippen molar-refractivity contribution in [3.05, 3.63) is 72.5 Å². The number of thiocarbonyl (C=S) groups is 1. The lowest BCUT2D eigenvalue weighted by Gasteiger charge is -2.06. The van der Waals surface area contributed by atoms with E-state index in [1.54, 1.807) is 42.5 Å². The first kappa shape index (κ1) is 19.7. The summed E-state index contributed by atoms with van der Waals surface area (Å²) in [5.74, 6) is -0.317. The number of carbonyl (C=O) groups is 1. The molecule has 1 aliphatic heterocycles. The van der Waals surface area contributed by atoms with Crippen LogP contribution < -0.4 is 0 Å². The first-order chi connectivity index (χ1) is 12.3. The van der Waals surface area contributed by atoms with Crippen molar-refractivity contribution in [3.8, 4) is 0 Å². The van der Waals surface area contributed by atoms with Crippen molar-refractivity contribution in [1.82, 2.24) is 5.01 Å². The molecule has 0 bridgehead atoms. The van der Waals surface area contributed by atoms with Crippen molar-refractivity contribution in [2.75, 3.05) is 0 Å². The van der Waals surface area contributed by atoms with E-state index < -0.39 is 0 Å². The lowest BCUT2D eigenvalue weighted by atomic mass is 10.2. The Hall–Kier alpha value is -1.08. The highest BCUT2D eigenvalue weighted by Gasteiger charge is 2.32. The fraction of sp³-hybridized carbons (Fsp3) is 0. The van der Waals surface area contributed by atoms with Crippen LogP contribution in [0.5, 0.6) is 0 Å². The molecule has 0 atom stereocenters. The Morgan fingerprint density at radius 3 is 2.12 bits per heavy atom. The number of halogens is 4. The maximum atomic E-state index is 12.5. The molecule has 1 amide bonds. The Morgan fingerprint density at radius 1 is 0.923 bits per heavy atom. The molecule has 0 aliphatic carbocycles. The maximum absolute atomic E-state index is 12.5. The average molecular weight is 462 g/mol. The van der Waals surface area contributed by atoms with Gasteiger partial charge in [0.25, 0.3) is 5.91 Å². The maximum Gasteiger partial charge on any atom is 0.286 e. The zero-order chi connectivity index (χ0) is 18.8. The molecule has 3 nitrogen and oxygen atoms in total. The summed E-state index contributed by atoms with van der Waals surface area (Å²) in [6, 6.07) is 10.1. The number of thioether (sulfide) groups is 1. The molecule has 2 aromatic carbocycles. The fourth-order valence-electron chi connectivity index (χ4n) is 2.03. The number of hydrogen-bond acceptors (Lipinski definition) is 4. The smallest absolute Gasteiger partial charge is 0.266 e. The van der Waals surface area contributed by atoms with Gasteiger partial charge in [-0.05, 0) is 53.7 Å². The third-order valence-electron chi connectivity index (χ3n) is 3.28. The molecular formula is C17H8Cl4N2OS2.